The smallest absolute Gasteiger partial charge is 0.253 e. The highest BCUT2D eigenvalue weighted by atomic mass is 19.1. The molecule has 3 amide bonds. The molecule has 13 nitrogen and oxygen atoms in total. The minimum absolute atomic E-state index is 0.0282. The van der Waals surface area contributed by atoms with Crippen molar-refractivity contribution < 1.29 is 28.6 Å². The molecule has 2 aromatic carbocycles. The monoisotopic (exact) mass is 742 g/mol. The Kier molecular flexibility index (Phi) is 11.3. The standard InChI is InChI=1S/C40H51FN8O5/c1-40(2,3)54-39(53)49-17-14-29-23-42-38(44-33(29)25-49)43-30-7-4-27(5-8-30)37(52)48-15-12-26(13-16-48)24-46-18-20-47(21-19-46)34-10-6-28(22-32(34)41)31-9-11-35(50)45-36(31)51/h4-8,10,22-23,26,31,39,53H,9,11-21,24-25H2,1-3H3,(H,42,43,44)(H,45,50,51). The van der Waals surface area contributed by atoms with Gasteiger partial charge in [0.05, 0.1) is 22.9 Å². The summed E-state index contributed by atoms with van der Waals surface area (Å²) in [5.74, 6) is -0.498. The fourth-order valence-electron chi connectivity index (χ4n) is 7.83. The van der Waals surface area contributed by atoms with E-state index in [1.807, 2.05) is 67.1 Å². The van der Waals surface area contributed by atoms with Gasteiger partial charge in [-0.3, -0.25) is 24.6 Å². The summed E-state index contributed by atoms with van der Waals surface area (Å²) in [5, 5.41) is 16.2. The van der Waals surface area contributed by atoms with Crippen LogP contribution in [0.15, 0.2) is 48.7 Å². The number of imide groups is 1. The lowest BCUT2D eigenvalue weighted by Crippen LogP contribution is -2.49. The lowest BCUT2D eigenvalue weighted by Gasteiger charge is -2.39. The van der Waals surface area contributed by atoms with Crippen molar-refractivity contribution >= 4 is 35.0 Å². The summed E-state index contributed by atoms with van der Waals surface area (Å²) < 4.78 is 20.9. The lowest BCUT2D eigenvalue weighted by atomic mass is 9.90. The van der Waals surface area contributed by atoms with Gasteiger partial charge in [0.15, 0.2) is 0 Å². The highest BCUT2D eigenvalue weighted by molar-refractivity contribution is 6.01. The first-order valence-electron chi connectivity index (χ1n) is 19.1. The molecule has 3 fully saturated rings. The number of halogens is 1. The number of fused-ring (bicyclic) bond motifs is 1. The number of benzene rings is 2. The quantitative estimate of drug-likeness (QED) is 0.216. The maximum Gasteiger partial charge on any atom is 0.253 e. The van der Waals surface area contributed by atoms with Crippen molar-refractivity contribution in [1.29, 1.82) is 0 Å². The first kappa shape index (κ1) is 37.8. The Balaban J connectivity index is 0.848. The number of carbonyl (C=O) groups is 3. The molecular weight excluding hydrogens is 691 g/mol. The van der Waals surface area contributed by atoms with E-state index < -0.39 is 17.9 Å². The van der Waals surface area contributed by atoms with E-state index in [4.69, 9.17) is 9.72 Å². The summed E-state index contributed by atoms with van der Waals surface area (Å²) in [5.41, 5.74) is 4.00. The van der Waals surface area contributed by atoms with Crippen molar-refractivity contribution in [2.24, 2.45) is 5.92 Å². The molecule has 0 radical (unpaired) electrons. The number of nitrogens with zero attached hydrogens (tertiary/aromatic N) is 6. The van der Waals surface area contributed by atoms with Crippen LogP contribution in [0, 0.1) is 11.7 Å². The van der Waals surface area contributed by atoms with Crippen molar-refractivity contribution in [3.05, 3.63) is 76.9 Å². The summed E-state index contributed by atoms with van der Waals surface area (Å²) in [6.45, 7) is 12.3. The molecule has 5 heterocycles. The van der Waals surface area contributed by atoms with Gasteiger partial charge in [-0.15, -0.1) is 0 Å². The summed E-state index contributed by atoms with van der Waals surface area (Å²) in [6.07, 6.45) is 4.08. The Hall–Kier alpha value is -4.50. The van der Waals surface area contributed by atoms with Gasteiger partial charge >= 0.3 is 0 Å². The fraction of sp³-hybridized carbons (Fsp3) is 0.525. The molecular formula is C40H51FN8O5. The van der Waals surface area contributed by atoms with Gasteiger partial charge in [0.1, 0.15) is 5.82 Å². The van der Waals surface area contributed by atoms with E-state index in [1.54, 1.807) is 6.07 Å². The molecule has 3 aromatic rings. The molecule has 14 heteroatoms. The average molecular weight is 743 g/mol. The second-order valence-electron chi connectivity index (χ2n) is 15.9. The van der Waals surface area contributed by atoms with Crippen molar-refractivity contribution in [2.45, 2.75) is 77.4 Å². The van der Waals surface area contributed by atoms with Gasteiger partial charge < -0.3 is 25.0 Å². The van der Waals surface area contributed by atoms with E-state index >= 15 is 4.39 Å². The Morgan fingerprint density at radius 3 is 2.43 bits per heavy atom. The van der Waals surface area contributed by atoms with Crippen LogP contribution in [0.3, 0.4) is 0 Å². The van der Waals surface area contributed by atoms with Crippen LogP contribution in [-0.4, -0.2) is 112 Å². The number of hydrogen-bond acceptors (Lipinski definition) is 11. The number of aliphatic hydroxyl groups excluding tert-OH is 1. The Morgan fingerprint density at radius 2 is 1.74 bits per heavy atom. The number of nitrogens with one attached hydrogen (secondary N) is 2. The number of rotatable bonds is 9. The van der Waals surface area contributed by atoms with Crippen LogP contribution in [0.1, 0.15) is 79.6 Å². The van der Waals surface area contributed by atoms with Gasteiger partial charge in [-0.25, -0.2) is 19.3 Å². The van der Waals surface area contributed by atoms with Crippen LogP contribution in [0.2, 0.25) is 0 Å². The summed E-state index contributed by atoms with van der Waals surface area (Å²) in [6, 6.07) is 12.4. The van der Waals surface area contributed by atoms with E-state index in [-0.39, 0.29) is 30.0 Å². The minimum atomic E-state index is -1.01. The maximum atomic E-state index is 15.2. The first-order valence-corrected chi connectivity index (χ1v) is 19.1. The molecule has 54 heavy (non-hydrogen) atoms. The highest BCUT2D eigenvalue weighted by Gasteiger charge is 2.31. The Bertz CT molecular complexity index is 1840. The van der Waals surface area contributed by atoms with Crippen LogP contribution in [0.4, 0.5) is 21.7 Å². The number of aliphatic hydroxyl groups is 1. The Morgan fingerprint density at radius 1 is 1.00 bits per heavy atom. The first-order chi connectivity index (χ1) is 25.9. The van der Waals surface area contributed by atoms with Gasteiger partial charge in [-0.1, -0.05) is 6.07 Å². The van der Waals surface area contributed by atoms with E-state index in [0.717, 1.165) is 55.8 Å². The second kappa shape index (κ2) is 16.1. The molecule has 0 aliphatic carbocycles. The number of aromatic nitrogens is 2. The van der Waals surface area contributed by atoms with Crippen LogP contribution in [0.5, 0.6) is 0 Å². The topological polar surface area (TPSA) is 143 Å². The van der Waals surface area contributed by atoms with Crippen LogP contribution < -0.4 is 15.5 Å². The van der Waals surface area contributed by atoms with E-state index in [1.165, 1.54) is 6.07 Å². The third-order valence-corrected chi connectivity index (χ3v) is 10.9. The normalized spacial score (nSPS) is 21.1. The highest BCUT2D eigenvalue weighted by Crippen LogP contribution is 2.30. The molecule has 2 atom stereocenters. The summed E-state index contributed by atoms with van der Waals surface area (Å²) in [4.78, 5) is 54.7. The molecule has 0 spiro atoms. The molecule has 288 valence electrons. The zero-order chi connectivity index (χ0) is 38.0. The Labute approximate surface area is 315 Å². The van der Waals surface area contributed by atoms with Crippen molar-refractivity contribution in [1.82, 2.24) is 30.0 Å². The van der Waals surface area contributed by atoms with Crippen LogP contribution in [0.25, 0.3) is 0 Å². The zero-order valence-electron chi connectivity index (χ0n) is 31.4. The van der Waals surface area contributed by atoms with Gasteiger partial charge in [-0.05, 0) is 99.9 Å². The predicted molar refractivity (Wildman–Crippen MR) is 202 cm³/mol. The van der Waals surface area contributed by atoms with Crippen molar-refractivity contribution in [3.8, 4) is 0 Å². The van der Waals surface area contributed by atoms with Crippen LogP contribution in [-0.2, 0) is 27.3 Å². The molecule has 0 bridgehead atoms. The number of anilines is 3. The molecule has 3 saturated heterocycles. The molecule has 3 N–H and O–H groups in total. The van der Waals surface area contributed by atoms with Gasteiger partial charge in [0, 0.05) is 82.8 Å². The molecule has 2 unspecified atom stereocenters. The largest absolute Gasteiger partial charge is 0.367 e. The maximum absolute atomic E-state index is 15.2. The van der Waals surface area contributed by atoms with Crippen LogP contribution >= 0.6 is 0 Å². The van der Waals surface area contributed by atoms with Crippen molar-refractivity contribution in [3.63, 3.8) is 0 Å². The number of carbonyl (C=O) groups excluding carboxylic acids is 3. The summed E-state index contributed by atoms with van der Waals surface area (Å²) >= 11 is 0. The number of piperazine rings is 1. The lowest BCUT2D eigenvalue weighted by molar-refractivity contribution is -0.242. The number of piperidine rings is 2. The molecule has 7 rings (SSSR count). The number of ether oxygens (including phenoxy) is 1. The summed E-state index contributed by atoms with van der Waals surface area (Å²) in [7, 11) is 0. The zero-order valence-corrected chi connectivity index (χ0v) is 31.4. The second-order valence-corrected chi connectivity index (χ2v) is 15.9. The third-order valence-electron chi connectivity index (χ3n) is 10.9. The SMILES string of the molecule is CC(C)(C)OC(O)N1CCc2cnc(Nc3ccc(C(=O)N4CCC(CN5CCN(c6ccc(C7CCC(=O)NC7=O)cc6F)CC5)CC4)cc3)nc2C1. The van der Waals surface area contributed by atoms with Gasteiger partial charge in [0.2, 0.25) is 24.2 Å². The van der Waals surface area contributed by atoms with Crippen molar-refractivity contribution in [2.75, 3.05) is 62.6 Å². The fourth-order valence-corrected chi connectivity index (χ4v) is 7.83. The molecule has 0 saturated carbocycles. The van der Waals surface area contributed by atoms with E-state index in [9.17, 15) is 19.5 Å². The molecule has 4 aliphatic heterocycles. The minimum Gasteiger partial charge on any atom is -0.367 e. The van der Waals surface area contributed by atoms with E-state index in [2.05, 4.69) is 25.4 Å². The number of amides is 3. The average Bonchev–Trinajstić information content (AvgIpc) is 3.14. The predicted octanol–water partition coefficient (Wildman–Crippen LogP) is 4.00. The number of likely N-dealkylation sites (tertiary alicyclic amines) is 1. The molecule has 1 aromatic heterocycles. The van der Waals surface area contributed by atoms with Gasteiger partial charge in [-0.2, -0.15) is 0 Å². The van der Waals surface area contributed by atoms with Gasteiger partial charge in [0.25, 0.3) is 5.91 Å². The van der Waals surface area contributed by atoms with E-state index in [0.29, 0.717) is 74.4 Å². The molecule has 4 aliphatic rings. The number of hydrogen-bond donors (Lipinski definition) is 3. The third kappa shape index (κ3) is 9.06.